The van der Waals surface area contributed by atoms with E-state index >= 15 is 0 Å². The summed E-state index contributed by atoms with van der Waals surface area (Å²) < 4.78 is 9.44. The van der Waals surface area contributed by atoms with Gasteiger partial charge in [0.15, 0.2) is 16.6 Å². The molecule has 0 spiro atoms. The fourth-order valence-electron chi connectivity index (χ4n) is 1.13. The number of aromatic nitrogens is 1. The number of nitrogens with one attached hydrogen (secondary N) is 1. The first-order valence-electron chi connectivity index (χ1n) is 4.93. The average molecular weight is 258 g/mol. The highest BCUT2D eigenvalue weighted by molar-refractivity contribution is 7.17. The lowest BCUT2D eigenvalue weighted by Gasteiger charge is -1.99. The number of methoxy groups -OCH3 is 2. The number of hydrogen-bond acceptors (Lipinski definition) is 7. The van der Waals surface area contributed by atoms with Crippen molar-refractivity contribution < 1.29 is 19.1 Å². The quantitative estimate of drug-likeness (QED) is 0.469. The molecule has 0 aromatic carbocycles. The van der Waals surface area contributed by atoms with Crippen molar-refractivity contribution in [1.82, 2.24) is 4.98 Å². The molecule has 7 heteroatoms. The molecule has 1 heterocycles. The van der Waals surface area contributed by atoms with Crippen LogP contribution < -0.4 is 5.32 Å². The number of nitrogens with zero attached hydrogens (tertiary/aromatic N) is 1. The Morgan fingerprint density at radius 3 is 2.65 bits per heavy atom. The molecule has 1 aromatic rings. The first kappa shape index (κ1) is 13.6. The topological polar surface area (TPSA) is 77.5 Å². The van der Waals surface area contributed by atoms with E-state index < -0.39 is 5.97 Å². The number of carbonyl (C=O) groups excluding carboxylic acids is 2. The molecule has 0 bridgehead atoms. The van der Waals surface area contributed by atoms with Crippen LogP contribution in [0.1, 0.15) is 27.1 Å². The van der Waals surface area contributed by atoms with E-state index in [4.69, 9.17) is 4.74 Å². The number of ether oxygens (including phenoxy) is 2. The van der Waals surface area contributed by atoms with Crippen LogP contribution in [0.2, 0.25) is 0 Å². The van der Waals surface area contributed by atoms with Gasteiger partial charge in [0, 0.05) is 20.6 Å². The first-order valence-corrected chi connectivity index (χ1v) is 5.74. The maximum Gasteiger partial charge on any atom is 0.358 e. The standard InChI is InChI=1S/C10H14N2O4S/c1-6(13)8-7(9(14)16-3)12-10(17-8)11-4-5-15-2/h4-5H2,1-3H3,(H,11,12). The Kier molecular flexibility index (Phi) is 5.05. The van der Waals surface area contributed by atoms with Crippen molar-refractivity contribution in [2.45, 2.75) is 6.92 Å². The van der Waals surface area contributed by atoms with Crippen molar-refractivity contribution in [3.8, 4) is 0 Å². The number of hydrogen-bond donors (Lipinski definition) is 1. The lowest BCUT2D eigenvalue weighted by Crippen LogP contribution is -2.09. The van der Waals surface area contributed by atoms with Crippen LogP contribution in [0.3, 0.4) is 0 Å². The SMILES string of the molecule is COCCNc1nc(C(=O)OC)c(C(C)=O)s1. The van der Waals surface area contributed by atoms with Crippen molar-refractivity contribution >= 4 is 28.2 Å². The molecule has 1 aromatic heterocycles. The molecule has 0 fully saturated rings. The number of ketones is 1. The van der Waals surface area contributed by atoms with Gasteiger partial charge in [-0.15, -0.1) is 0 Å². The summed E-state index contributed by atoms with van der Waals surface area (Å²) in [6.45, 7) is 2.46. The summed E-state index contributed by atoms with van der Waals surface area (Å²) in [6.07, 6.45) is 0. The molecule has 0 unspecified atom stereocenters. The molecule has 1 rings (SSSR count). The molecule has 0 saturated carbocycles. The lowest BCUT2D eigenvalue weighted by molar-refractivity contribution is 0.0591. The highest BCUT2D eigenvalue weighted by atomic mass is 32.1. The zero-order chi connectivity index (χ0) is 12.8. The van der Waals surface area contributed by atoms with Crippen LogP contribution in [0.15, 0.2) is 0 Å². The van der Waals surface area contributed by atoms with Crippen LogP contribution in [0.5, 0.6) is 0 Å². The third kappa shape index (κ3) is 3.50. The number of thiazole rings is 1. The van der Waals surface area contributed by atoms with Crippen molar-refractivity contribution in [1.29, 1.82) is 0 Å². The molecule has 94 valence electrons. The van der Waals surface area contributed by atoms with Crippen molar-refractivity contribution in [3.63, 3.8) is 0 Å². The van der Waals surface area contributed by atoms with E-state index in [1.165, 1.54) is 14.0 Å². The summed E-state index contributed by atoms with van der Waals surface area (Å²) >= 11 is 1.13. The van der Waals surface area contributed by atoms with Gasteiger partial charge in [0.05, 0.1) is 13.7 Å². The van der Waals surface area contributed by atoms with E-state index in [0.717, 1.165) is 11.3 Å². The summed E-state index contributed by atoms with van der Waals surface area (Å²) in [7, 11) is 2.84. The van der Waals surface area contributed by atoms with Gasteiger partial charge in [-0.2, -0.15) is 0 Å². The maximum atomic E-state index is 11.4. The van der Waals surface area contributed by atoms with Gasteiger partial charge in [-0.25, -0.2) is 9.78 Å². The van der Waals surface area contributed by atoms with Crippen molar-refractivity contribution in [2.75, 3.05) is 32.7 Å². The molecule has 0 aliphatic heterocycles. The second-order valence-electron chi connectivity index (χ2n) is 3.16. The molecule has 17 heavy (non-hydrogen) atoms. The third-order valence-corrected chi connectivity index (χ3v) is 3.02. The molecular formula is C10H14N2O4S. The Bertz CT molecular complexity index is 416. The highest BCUT2D eigenvalue weighted by Gasteiger charge is 2.21. The van der Waals surface area contributed by atoms with Crippen LogP contribution in [0, 0.1) is 0 Å². The Hall–Kier alpha value is -1.47. The van der Waals surface area contributed by atoms with Gasteiger partial charge in [0.2, 0.25) is 0 Å². The third-order valence-electron chi connectivity index (χ3n) is 1.91. The van der Waals surface area contributed by atoms with E-state index in [1.807, 2.05) is 0 Å². The molecule has 0 aliphatic rings. The van der Waals surface area contributed by atoms with E-state index in [2.05, 4.69) is 15.0 Å². The zero-order valence-corrected chi connectivity index (χ0v) is 10.7. The van der Waals surface area contributed by atoms with Crippen molar-refractivity contribution in [3.05, 3.63) is 10.6 Å². The van der Waals surface area contributed by atoms with Crippen LogP contribution in [0.25, 0.3) is 0 Å². The Balaban J connectivity index is 2.88. The summed E-state index contributed by atoms with van der Waals surface area (Å²) in [6, 6.07) is 0. The maximum absolute atomic E-state index is 11.4. The number of anilines is 1. The molecule has 0 amide bonds. The minimum atomic E-state index is -0.605. The van der Waals surface area contributed by atoms with E-state index in [1.54, 1.807) is 7.11 Å². The predicted octanol–water partition coefficient (Wildman–Crippen LogP) is 1.19. The summed E-state index contributed by atoms with van der Waals surface area (Å²) in [4.78, 5) is 27.1. The molecule has 1 N–H and O–H groups in total. The van der Waals surface area contributed by atoms with E-state index in [0.29, 0.717) is 23.2 Å². The van der Waals surface area contributed by atoms with Gasteiger partial charge in [-0.05, 0) is 0 Å². The van der Waals surface area contributed by atoms with Crippen LogP contribution in [0.4, 0.5) is 5.13 Å². The van der Waals surface area contributed by atoms with Gasteiger partial charge in [-0.3, -0.25) is 4.79 Å². The fraction of sp³-hybridized carbons (Fsp3) is 0.500. The average Bonchev–Trinajstić information content (AvgIpc) is 2.73. The summed E-state index contributed by atoms with van der Waals surface area (Å²) in [5, 5.41) is 3.47. The number of rotatable bonds is 6. The normalized spacial score (nSPS) is 10.1. The molecule has 0 saturated heterocycles. The minimum absolute atomic E-state index is 0.0601. The van der Waals surface area contributed by atoms with Gasteiger partial charge >= 0.3 is 5.97 Å². The van der Waals surface area contributed by atoms with Crippen LogP contribution >= 0.6 is 11.3 Å². The number of Topliss-reactive ketones (excluding diaryl/α,β-unsaturated/α-hetero) is 1. The van der Waals surface area contributed by atoms with Gasteiger partial charge < -0.3 is 14.8 Å². The van der Waals surface area contributed by atoms with Gasteiger partial charge in [0.25, 0.3) is 0 Å². The predicted molar refractivity (Wildman–Crippen MR) is 63.8 cm³/mol. The van der Waals surface area contributed by atoms with E-state index in [-0.39, 0.29) is 11.5 Å². The van der Waals surface area contributed by atoms with Gasteiger partial charge in [0.1, 0.15) is 4.88 Å². The van der Waals surface area contributed by atoms with Crippen LogP contribution in [-0.2, 0) is 9.47 Å². The zero-order valence-electron chi connectivity index (χ0n) is 9.90. The largest absolute Gasteiger partial charge is 0.464 e. The molecule has 0 atom stereocenters. The number of esters is 1. The molecule has 0 radical (unpaired) electrons. The second kappa shape index (κ2) is 6.31. The highest BCUT2D eigenvalue weighted by Crippen LogP contribution is 2.24. The minimum Gasteiger partial charge on any atom is -0.464 e. The Morgan fingerprint density at radius 1 is 1.41 bits per heavy atom. The van der Waals surface area contributed by atoms with Gasteiger partial charge in [-0.1, -0.05) is 11.3 Å². The number of carbonyl (C=O) groups is 2. The second-order valence-corrected chi connectivity index (χ2v) is 4.16. The molecule has 6 nitrogen and oxygen atoms in total. The summed E-state index contributed by atoms with van der Waals surface area (Å²) in [5.41, 5.74) is 0.0601. The first-order chi connectivity index (χ1) is 8.10. The van der Waals surface area contributed by atoms with Crippen LogP contribution in [-0.4, -0.2) is 44.1 Å². The lowest BCUT2D eigenvalue weighted by atomic mass is 10.3. The molecule has 0 aliphatic carbocycles. The van der Waals surface area contributed by atoms with E-state index in [9.17, 15) is 9.59 Å². The monoisotopic (exact) mass is 258 g/mol. The Labute approximate surface area is 103 Å². The van der Waals surface area contributed by atoms with Crippen molar-refractivity contribution in [2.24, 2.45) is 0 Å². The Morgan fingerprint density at radius 2 is 2.12 bits per heavy atom. The fourth-order valence-corrected chi connectivity index (χ4v) is 2.00. The smallest absolute Gasteiger partial charge is 0.358 e. The summed E-state index contributed by atoms with van der Waals surface area (Å²) in [5.74, 6) is -0.811. The molecular weight excluding hydrogens is 244 g/mol.